The number of benzene rings is 2. The van der Waals surface area contributed by atoms with Gasteiger partial charge in [0, 0.05) is 18.8 Å². The number of carbonyl (C=O) groups is 3. The number of anilines is 2. The van der Waals surface area contributed by atoms with Crippen LogP contribution in [0.25, 0.3) is 0 Å². The zero-order valence-electron chi connectivity index (χ0n) is 16.5. The van der Waals surface area contributed by atoms with Gasteiger partial charge in [0.25, 0.3) is 11.8 Å². The molecule has 1 aromatic heterocycles. The molecular formula is C22H18N2O6S. The first-order chi connectivity index (χ1) is 15.0. The molecule has 0 saturated carbocycles. The fraction of sp³-hybridized carbons (Fsp3) is 0.136. The van der Waals surface area contributed by atoms with Crippen LogP contribution in [-0.2, 0) is 9.53 Å². The maximum absolute atomic E-state index is 12.6. The topological polar surface area (TPSA) is 94.2 Å². The summed E-state index contributed by atoms with van der Waals surface area (Å²) in [6.45, 7) is -0.350. The summed E-state index contributed by atoms with van der Waals surface area (Å²) in [4.78, 5) is 39.4. The Bertz CT molecular complexity index is 1130. The number of esters is 1. The van der Waals surface area contributed by atoms with Crippen LogP contribution in [0.5, 0.6) is 11.5 Å². The van der Waals surface area contributed by atoms with Gasteiger partial charge in [0.1, 0.15) is 0 Å². The van der Waals surface area contributed by atoms with E-state index in [2.05, 4.69) is 5.32 Å². The smallest absolute Gasteiger partial charge is 0.340 e. The highest BCUT2D eigenvalue weighted by Gasteiger charge is 2.22. The van der Waals surface area contributed by atoms with Gasteiger partial charge in [0.15, 0.2) is 18.1 Å². The van der Waals surface area contributed by atoms with Gasteiger partial charge in [-0.2, -0.15) is 0 Å². The number of nitrogens with zero attached hydrogens (tertiary/aromatic N) is 1. The Kier molecular flexibility index (Phi) is 5.85. The minimum atomic E-state index is -0.706. The molecule has 0 atom stereocenters. The number of hydrogen-bond acceptors (Lipinski definition) is 7. The van der Waals surface area contributed by atoms with Crippen molar-refractivity contribution in [2.75, 3.05) is 30.7 Å². The molecule has 0 aliphatic carbocycles. The number of amides is 2. The van der Waals surface area contributed by atoms with Crippen molar-refractivity contribution in [3.8, 4) is 11.5 Å². The molecule has 1 aliphatic heterocycles. The van der Waals surface area contributed by atoms with Gasteiger partial charge < -0.3 is 24.4 Å². The summed E-state index contributed by atoms with van der Waals surface area (Å²) in [5.41, 5.74) is 1.07. The second kappa shape index (κ2) is 8.88. The molecule has 158 valence electrons. The van der Waals surface area contributed by atoms with Crippen LogP contribution in [0.2, 0.25) is 0 Å². The summed E-state index contributed by atoms with van der Waals surface area (Å²) >= 11 is 1.31. The molecule has 8 nitrogen and oxygen atoms in total. The zero-order valence-corrected chi connectivity index (χ0v) is 17.3. The van der Waals surface area contributed by atoms with E-state index in [4.69, 9.17) is 14.2 Å². The molecule has 1 aliphatic rings. The number of para-hydroxylation sites is 1. The number of rotatable bonds is 6. The molecule has 2 amide bonds. The molecular weight excluding hydrogens is 420 g/mol. The summed E-state index contributed by atoms with van der Waals surface area (Å²) in [5.74, 6) is -0.324. The van der Waals surface area contributed by atoms with E-state index in [0.29, 0.717) is 27.8 Å². The summed E-state index contributed by atoms with van der Waals surface area (Å²) in [7, 11) is 1.58. The molecule has 4 rings (SSSR count). The Hall–Kier alpha value is -3.85. The van der Waals surface area contributed by atoms with Gasteiger partial charge in [-0.15, -0.1) is 11.3 Å². The molecule has 0 bridgehead atoms. The number of nitrogens with one attached hydrogen (secondary N) is 1. The van der Waals surface area contributed by atoms with Crippen LogP contribution in [0.3, 0.4) is 0 Å². The van der Waals surface area contributed by atoms with Crippen molar-refractivity contribution < 1.29 is 28.6 Å². The maximum Gasteiger partial charge on any atom is 0.340 e. The quantitative estimate of drug-likeness (QED) is 0.592. The van der Waals surface area contributed by atoms with E-state index in [1.807, 2.05) is 0 Å². The lowest BCUT2D eigenvalue weighted by Crippen LogP contribution is -2.28. The molecule has 3 aromatic rings. The lowest BCUT2D eigenvalue weighted by molar-refractivity contribution is -0.119. The predicted octanol–water partition coefficient (Wildman–Crippen LogP) is 3.55. The second-order valence-corrected chi connectivity index (χ2v) is 7.50. The van der Waals surface area contributed by atoms with Gasteiger partial charge >= 0.3 is 5.97 Å². The highest BCUT2D eigenvalue weighted by atomic mass is 32.1. The average molecular weight is 438 g/mol. The number of carbonyl (C=O) groups excluding carboxylic acids is 3. The van der Waals surface area contributed by atoms with E-state index in [0.717, 1.165) is 0 Å². The van der Waals surface area contributed by atoms with Crippen molar-refractivity contribution in [2.24, 2.45) is 0 Å². The number of thiophene rings is 1. The second-order valence-electron chi connectivity index (χ2n) is 6.55. The molecule has 0 spiro atoms. The monoisotopic (exact) mass is 438 g/mol. The minimum absolute atomic E-state index is 0.132. The van der Waals surface area contributed by atoms with Crippen molar-refractivity contribution >= 4 is 40.5 Å². The summed E-state index contributed by atoms with van der Waals surface area (Å²) in [6, 6.07) is 15.0. The van der Waals surface area contributed by atoms with Crippen LogP contribution >= 0.6 is 11.3 Å². The molecule has 0 unspecified atom stereocenters. The SMILES string of the molecule is CN(C(=O)c1cccs1)c1ccccc1C(=O)OCC(=O)Nc1ccc2c(c1)OCO2. The summed E-state index contributed by atoms with van der Waals surface area (Å²) in [5, 5.41) is 4.44. The van der Waals surface area contributed by atoms with Crippen LogP contribution in [-0.4, -0.2) is 38.2 Å². The molecule has 0 radical (unpaired) electrons. The first-order valence-electron chi connectivity index (χ1n) is 9.30. The molecule has 2 aromatic carbocycles. The van der Waals surface area contributed by atoms with Crippen LogP contribution in [0.4, 0.5) is 11.4 Å². The number of fused-ring (bicyclic) bond motifs is 1. The Labute approximate surface area is 182 Å². The Morgan fingerprint density at radius 2 is 1.87 bits per heavy atom. The van der Waals surface area contributed by atoms with E-state index < -0.39 is 18.5 Å². The van der Waals surface area contributed by atoms with Gasteiger partial charge in [0.05, 0.1) is 16.1 Å². The first-order valence-corrected chi connectivity index (χ1v) is 10.2. The first kappa shape index (κ1) is 20.4. The van der Waals surface area contributed by atoms with E-state index in [-0.39, 0.29) is 18.3 Å². The molecule has 0 fully saturated rings. The largest absolute Gasteiger partial charge is 0.454 e. The van der Waals surface area contributed by atoms with Crippen molar-refractivity contribution in [3.63, 3.8) is 0 Å². The maximum atomic E-state index is 12.6. The third-order valence-corrected chi connectivity index (χ3v) is 5.37. The van der Waals surface area contributed by atoms with E-state index in [1.54, 1.807) is 67.0 Å². The third-order valence-electron chi connectivity index (χ3n) is 4.51. The van der Waals surface area contributed by atoms with Gasteiger partial charge in [-0.1, -0.05) is 18.2 Å². The molecule has 31 heavy (non-hydrogen) atoms. The Balaban J connectivity index is 1.39. The van der Waals surface area contributed by atoms with Crippen molar-refractivity contribution in [3.05, 3.63) is 70.4 Å². The summed E-state index contributed by atoms with van der Waals surface area (Å²) in [6.07, 6.45) is 0. The third kappa shape index (κ3) is 4.51. The fourth-order valence-electron chi connectivity index (χ4n) is 2.99. The van der Waals surface area contributed by atoms with Crippen LogP contribution in [0.1, 0.15) is 20.0 Å². The average Bonchev–Trinajstić information content (AvgIpc) is 3.48. The van der Waals surface area contributed by atoms with Gasteiger partial charge in [-0.25, -0.2) is 4.79 Å². The number of ether oxygens (including phenoxy) is 3. The zero-order chi connectivity index (χ0) is 21.8. The van der Waals surface area contributed by atoms with Crippen LogP contribution in [0, 0.1) is 0 Å². The van der Waals surface area contributed by atoms with Crippen LogP contribution in [0.15, 0.2) is 60.0 Å². The van der Waals surface area contributed by atoms with Crippen molar-refractivity contribution in [2.45, 2.75) is 0 Å². The van der Waals surface area contributed by atoms with Crippen molar-refractivity contribution in [1.29, 1.82) is 0 Å². The Morgan fingerprint density at radius 3 is 2.68 bits per heavy atom. The Morgan fingerprint density at radius 1 is 1.06 bits per heavy atom. The van der Waals surface area contributed by atoms with Crippen LogP contribution < -0.4 is 19.7 Å². The lowest BCUT2D eigenvalue weighted by Gasteiger charge is -2.19. The lowest BCUT2D eigenvalue weighted by atomic mass is 10.1. The van der Waals surface area contributed by atoms with Gasteiger partial charge in [0.2, 0.25) is 6.79 Å². The molecule has 2 heterocycles. The minimum Gasteiger partial charge on any atom is -0.454 e. The molecule has 1 N–H and O–H groups in total. The van der Waals surface area contributed by atoms with E-state index >= 15 is 0 Å². The molecule has 9 heteroatoms. The highest BCUT2D eigenvalue weighted by molar-refractivity contribution is 7.12. The molecule has 0 saturated heterocycles. The van der Waals surface area contributed by atoms with Gasteiger partial charge in [-0.3, -0.25) is 9.59 Å². The normalized spacial score (nSPS) is 11.6. The fourth-order valence-corrected chi connectivity index (χ4v) is 3.69. The predicted molar refractivity (Wildman–Crippen MR) is 115 cm³/mol. The highest BCUT2D eigenvalue weighted by Crippen LogP contribution is 2.34. The summed E-state index contributed by atoms with van der Waals surface area (Å²) < 4.78 is 15.7. The number of hydrogen-bond donors (Lipinski definition) is 1. The standard InChI is InChI=1S/C22H18N2O6S/c1-24(21(26)19-7-4-10-31-19)16-6-3-2-5-15(16)22(27)28-12-20(25)23-14-8-9-17-18(11-14)30-13-29-17/h2-11H,12-13H2,1H3,(H,23,25). The van der Waals surface area contributed by atoms with E-state index in [9.17, 15) is 14.4 Å². The van der Waals surface area contributed by atoms with E-state index in [1.165, 1.54) is 16.2 Å². The van der Waals surface area contributed by atoms with Crippen molar-refractivity contribution in [1.82, 2.24) is 0 Å². The van der Waals surface area contributed by atoms with Gasteiger partial charge in [-0.05, 0) is 35.7 Å².